The van der Waals surface area contributed by atoms with Gasteiger partial charge in [0.1, 0.15) is 11.3 Å². The van der Waals surface area contributed by atoms with Crippen molar-refractivity contribution in [2.24, 2.45) is 0 Å². The summed E-state index contributed by atoms with van der Waals surface area (Å²) in [6, 6.07) is 6.43. The number of methoxy groups -OCH3 is 1. The molecule has 0 saturated heterocycles. The number of hydrogen-bond donors (Lipinski definition) is 1. The van der Waals surface area contributed by atoms with Crippen LogP contribution in [0.5, 0.6) is 5.88 Å². The molecule has 0 spiro atoms. The fraction of sp³-hybridized carbons (Fsp3) is 0.278. The number of nitrogens with zero attached hydrogens (tertiary/aromatic N) is 1. The van der Waals surface area contributed by atoms with E-state index in [1.165, 1.54) is 13.2 Å². The fourth-order valence-electron chi connectivity index (χ4n) is 2.52. The van der Waals surface area contributed by atoms with Crippen LogP contribution < -0.4 is 15.7 Å². The van der Waals surface area contributed by atoms with Crippen LogP contribution in [0.2, 0.25) is 5.02 Å². The van der Waals surface area contributed by atoms with Gasteiger partial charge in [0, 0.05) is 41.9 Å². The van der Waals surface area contributed by atoms with E-state index >= 15 is 0 Å². The molecule has 2 heterocycles. The summed E-state index contributed by atoms with van der Waals surface area (Å²) in [5.41, 5.74) is 1.42. The number of fused-ring (bicyclic) bond motifs is 1. The first-order valence-electron chi connectivity index (χ1n) is 7.95. The number of aryl methyl sites for hydroxylation is 2. The summed E-state index contributed by atoms with van der Waals surface area (Å²) in [4.78, 5) is 23.8. The van der Waals surface area contributed by atoms with Gasteiger partial charge in [-0.15, -0.1) is 0 Å². The maximum absolute atomic E-state index is 12.1. The second-order valence-corrected chi connectivity index (χ2v) is 6.21. The van der Waals surface area contributed by atoms with E-state index in [0.717, 1.165) is 5.56 Å². The van der Waals surface area contributed by atoms with E-state index < -0.39 is 5.63 Å². The van der Waals surface area contributed by atoms with E-state index in [-0.39, 0.29) is 18.9 Å². The molecule has 0 saturated carbocycles. The summed E-state index contributed by atoms with van der Waals surface area (Å²) in [6.07, 6.45) is 0.614. The number of amides is 1. The highest BCUT2D eigenvalue weighted by atomic mass is 35.5. The van der Waals surface area contributed by atoms with Gasteiger partial charge < -0.3 is 19.0 Å². The molecule has 0 aliphatic heterocycles. The van der Waals surface area contributed by atoms with Crippen LogP contribution in [0, 0.1) is 6.92 Å². The molecule has 0 aliphatic rings. The van der Waals surface area contributed by atoms with E-state index in [2.05, 4.69) is 10.5 Å². The number of benzene rings is 1. The van der Waals surface area contributed by atoms with Gasteiger partial charge in [-0.3, -0.25) is 4.79 Å². The van der Waals surface area contributed by atoms with Crippen molar-refractivity contribution in [3.8, 4) is 5.88 Å². The third-order valence-corrected chi connectivity index (χ3v) is 4.34. The van der Waals surface area contributed by atoms with Crippen molar-refractivity contribution in [1.82, 2.24) is 10.5 Å². The molecule has 2 aromatic heterocycles. The third kappa shape index (κ3) is 4.05. The maximum Gasteiger partial charge on any atom is 0.336 e. The van der Waals surface area contributed by atoms with Crippen molar-refractivity contribution in [3.63, 3.8) is 0 Å². The molecule has 0 radical (unpaired) electrons. The van der Waals surface area contributed by atoms with Gasteiger partial charge in [-0.05, 0) is 35.3 Å². The molecule has 1 N–H and O–H groups in total. The highest BCUT2D eigenvalue weighted by molar-refractivity contribution is 6.32. The van der Waals surface area contributed by atoms with E-state index in [1.54, 1.807) is 18.2 Å². The topological polar surface area (TPSA) is 94.6 Å². The van der Waals surface area contributed by atoms with Crippen LogP contribution >= 0.6 is 11.6 Å². The first-order valence-corrected chi connectivity index (χ1v) is 8.33. The smallest absolute Gasteiger partial charge is 0.336 e. The second kappa shape index (κ2) is 7.61. The van der Waals surface area contributed by atoms with Crippen LogP contribution in [0.4, 0.5) is 0 Å². The molecule has 3 aromatic rings. The number of aromatic nitrogens is 1. The summed E-state index contributed by atoms with van der Waals surface area (Å²) in [5, 5.41) is 7.73. The molecule has 3 rings (SSSR count). The molecule has 1 aromatic carbocycles. The van der Waals surface area contributed by atoms with Crippen LogP contribution in [0.25, 0.3) is 11.0 Å². The molecular weight excluding hydrogens is 360 g/mol. The largest absolute Gasteiger partial charge is 0.479 e. The lowest BCUT2D eigenvalue weighted by atomic mass is 10.1. The van der Waals surface area contributed by atoms with Crippen LogP contribution in [0.1, 0.15) is 23.3 Å². The van der Waals surface area contributed by atoms with E-state index in [9.17, 15) is 9.59 Å². The number of halogens is 1. The zero-order valence-electron chi connectivity index (χ0n) is 14.3. The number of ether oxygens (including phenoxy) is 1. The molecule has 0 unspecified atom stereocenters. The SMILES string of the molecule is COc1cc(CCC(=O)NCc2cc(=O)oc3cc(C)c(Cl)cc23)on1. The molecule has 0 atom stereocenters. The summed E-state index contributed by atoms with van der Waals surface area (Å²) in [6.45, 7) is 2.02. The molecule has 0 bridgehead atoms. The zero-order chi connectivity index (χ0) is 18.7. The van der Waals surface area contributed by atoms with Crippen LogP contribution in [-0.2, 0) is 17.8 Å². The second-order valence-electron chi connectivity index (χ2n) is 5.80. The summed E-state index contributed by atoms with van der Waals surface area (Å²) >= 11 is 6.16. The Morgan fingerprint density at radius 3 is 2.85 bits per heavy atom. The van der Waals surface area contributed by atoms with Gasteiger partial charge in [-0.2, -0.15) is 0 Å². The van der Waals surface area contributed by atoms with Crippen molar-refractivity contribution >= 4 is 28.5 Å². The highest BCUT2D eigenvalue weighted by Gasteiger charge is 2.11. The molecular formula is C18H17ClN2O5. The van der Waals surface area contributed by atoms with Gasteiger partial charge in [0.2, 0.25) is 5.91 Å². The first kappa shape index (κ1) is 18.0. The van der Waals surface area contributed by atoms with Gasteiger partial charge in [-0.25, -0.2) is 4.79 Å². The Labute approximate surface area is 153 Å². The molecule has 8 heteroatoms. The van der Waals surface area contributed by atoms with Gasteiger partial charge in [0.15, 0.2) is 0 Å². The Hall–Kier alpha value is -2.80. The Balaban J connectivity index is 1.68. The predicted molar refractivity (Wildman–Crippen MR) is 95.5 cm³/mol. The lowest BCUT2D eigenvalue weighted by Crippen LogP contribution is -2.23. The van der Waals surface area contributed by atoms with Crippen molar-refractivity contribution in [2.45, 2.75) is 26.3 Å². The van der Waals surface area contributed by atoms with Crippen LogP contribution in [-0.4, -0.2) is 18.2 Å². The number of nitrogens with one attached hydrogen (secondary N) is 1. The first-order chi connectivity index (χ1) is 12.5. The van der Waals surface area contributed by atoms with Gasteiger partial charge >= 0.3 is 5.63 Å². The number of rotatable bonds is 6. The monoisotopic (exact) mass is 376 g/mol. The van der Waals surface area contributed by atoms with Crippen LogP contribution in [0.15, 0.2) is 38.0 Å². The van der Waals surface area contributed by atoms with Gasteiger partial charge in [-0.1, -0.05) is 11.6 Å². The fourth-order valence-corrected chi connectivity index (χ4v) is 2.69. The van der Waals surface area contributed by atoms with E-state index in [4.69, 9.17) is 25.3 Å². The van der Waals surface area contributed by atoms with Crippen LogP contribution in [0.3, 0.4) is 0 Å². The van der Waals surface area contributed by atoms with Crippen molar-refractivity contribution in [2.75, 3.05) is 7.11 Å². The Morgan fingerprint density at radius 2 is 2.12 bits per heavy atom. The van der Waals surface area contributed by atoms with Crippen molar-refractivity contribution in [3.05, 3.63) is 56.6 Å². The van der Waals surface area contributed by atoms with E-state index in [1.807, 2.05) is 6.92 Å². The Bertz CT molecular complexity index is 1010. The Kier molecular flexibility index (Phi) is 5.27. The molecule has 0 fully saturated rings. The van der Waals surface area contributed by atoms with Crippen molar-refractivity contribution in [1.29, 1.82) is 0 Å². The predicted octanol–water partition coefficient (Wildman–Crippen LogP) is 3.00. The lowest BCUT2D eigenvalue weighted by Gasteiger charge is -2.08. The minimum Gasteiger partial charge on any atom is -0.479 e. The summed E-state index contributed by atoms with van der Waals surface area (Å²) in [7, 11) is 1.49. The number of hydrogen-bond acceptors (Lipinski definition) is 6. The minimum atomic E-state index is -0.475. The quantitative estimate of drug-likeness (QED) is 0.664. The summed E-state index contributed by atoms with van der Waals surface area (Å²) < 4.78 is 15.2. The molecule has 26 heavy (non-hydrogen) atoms. The average Bonchev–Trinajstić information content (AvgIpc) is 3.07. The minimum absolute atomic E-state index is 0.181. The molecule has 1 amide bonds. The normalized spacial score (nSPS) is 10.9. The van der Waals surface area contributed by atoms with E-state index in [0.29, 0.717) is 39.6 Å². The maximum atomic E-state index is 12.1. The number of carbonyl (C=O) groups is 1. The summed E-state index contributed by atoms with van der Waals surface area (Å²) in [5.74, 6) is 0.750. The van der Waals surface area contributed by atoms with Gasteiger partial charge in [0.05, 0.1) is 7.11 Å². The Morgan fingerprint density at radius 1 is 1.31 bits per heavy atom. The third-order valence-electron chi connectivity index (χ3n) is 3.93. The molecule has 7 nitrogen and oxygen atoms in total. The standard InChI is InChI=1S/C18H17ClN2O5/c1-10-5-15-13(8-14(10)19)11(6-18(23)25-15)9-20-16(22)4-3-12-7-17(24-2)21-26-12/h5-8H,3-4,9H2,1-2H3,(H,20,22). The molecule has 136 valence electrons. The van der Waals surface area contributed by atoms with Gasteiger partial charge in [0.25, 0.3) is 5.88 Å². The molecule has 0 aliphatic carbocycles. The average molecular weight is 377 g/mol. The van der Waals surface area contributed by atoms with Crippen molar-refractivity contribution < 1.29 is 18.5 Å². The highest BCUT2D eigenvalue weighted by Crippen LogP contribution is 2.25. The zero-order valence-corrected chi connectivity index (χ0v) is 15.1. The number of carbonyl (C=O) groups excluding carboxylic acids is 1. The lowest BCUT2D eigenvalue weighted by molar-refractivity contribution is -0.121.